The first-order valence-electron chi connectivity index (χ1n) is 7.21. The first-order valence-corrected chi connectivity index (χ1v) is 8.26. The van der Waals surface area contributed by atoms with Crippen molar-refractivity contribution in [3.8, 4) is 0 Å². The lowest BCUT2D eigenvalue weighted by atomic mass is 10.1. The maximum atomic E-state index is 12.1. The fraction of sp³-hybridized carbons (Fsp3) is 0.562. The van der Waals surface area contributed by atoms with E-state index in [1.807, 2.05) is 37.7 Å². The minimum Gasteiger partial charge on any atom is -0.394 e. The standard InChI is InChI=1S/C16H26N2O2S/c1-11(2)21-10-14-7-6-8-15(13(14)4)17-16(20)18(5)12(3)9-19/h6-8,11-12,19H,9-10H2,1-5H3,(H,17,20)/t12-/m0/s1. The molecule has 5 heteroatoms. The number of rotatable bonds is 6. The highest BCUT2D eigenvalue weighted by molar-refractivity contribution is 7.99. The number of aliphatic hydroxyl groups excluding tert-OH is 1. The van der Waals surface area contributed by atoms with E-state index in [-0.39, 0.29) is 18.7 Å². The van der Waals surface area contributed by atoms with Crippen LogP contribution in [0.2, 0.25) is 0 Å². The van der Waals surface area contributed by atoms with Crippen LogP contribution in [0.1, 0.15) is 31.9 Å². The summed E-state index contributed by atoms with van der Waals surface area (Å²) in [6.07, 6.45) is 0. The Morgan fingerprint density at radius 2 is 2.05 bits per heavy atom. The number of carbonyl (C=O) groups excluding carboxylic acids is 1. The summed E-state index contributed by atoms with van der Waals surface area (Å²) >= 11 is 1.88. The van der Waals surface area contributed by atoms with Gasteiger partial charge in [-0.1, -0.05) is 26.0 Å². The fourth-order valence-corrected chi connectivity index (χ4v) is 2.58. The van der Waals surface area contributed by atoms with Crippen LogP contribution in [0, 0.1) is 6.92 Å². The number of urea groups is 1. The van der Waals surface area contributed by atoms with Crippen LogP contribution >= 0.6 is 11.8 Å². The number of likely N-dealkylation sites (N-methyl/N-ethyl adjacent to an activating group) is 1. The van der Waals surface area contributed by atoms with Gasteiger partial charge in [-0.3, -0.25) is 0 Å². The molecule has 0 bridgehead atoms. The van der Waals surface area contributed by atoms with Gasteiger partial charge in [0.15, 0.2) is 0 Å². The van der Waals surface area contributed by atoms with Crippen molar-refractivity contribution >= 4 is 23.5 Å². The van der Waals surface area contributed by atoms with Crippen molar-refractivity contribution in [1.82, 2.24) is 4.90 Å². The van der Waals surface area contributed by atoms with Crippen molar-refractivity contribution < 1.29 is 9.90 Å². The van der Waals surface area contributed by atoms with Crippen molar-refractivity contribution in [3.05, 3.63) is 29.3 Å². The molecule has 0 saturated carbocycles. The van der Waals surface area contributed by atoms with Gasteiger partial charge < -0.3 is 15.3 Å². The molecule has 2 N–H and O–H groups in total. The van der Waals surface area contributed by atoms with E-state index in [1.165, 1.54) is 10.5 Å². The zero-order chi connectivity index (χ0) is 16.0. The van der Waals surface area contributed by atoms with E-state index in [0.29, 0.717) is 5.25 Å². The van der Waals surface area contributed by atoms with Gasteiger partial charge in [0, 0.05) is 18.5 Å². The predicted octanol–water partition coefficient (Wildman–Crippen LogP) is 3.48. The van der Waals surface area contributed by atoms with Gasteiger partial charge in [0.1, 0.15) is 0 Å². The summed E-state index contributed by atoms with van der Waals surface area (Å²) in [5, 5.41) is 12.6. The average molecular weight is 310 g/mol. The quantitative estimate of drug-likeness (QED) is 0.846. The van der Waals surface area contributed by atoms with Crippen LogP contribution in [0.5, 0.6) is 0 Å². The van der Waals surface area contributed by atoms with Gasteiger partial charge in [-0.15, -0.1) is 0 Å². The van der Waals surface area contributed by atoms with E-state index < -0.39 is 0 Å². The van der Waals surface area contributed by atoms with Gasteiger partial charge in [0.25, 0.3) is 0 Å². The molecule has 118 valence electrons. The zero-order valence-electron chi connectivity index (χ0n) is 13.5. The van der Waals surface area contributed by atoms with Gasteiger partial charge in [-0.05, 0) is 36.3 Å². The number of benzene rings is 1. The molecule has 0 aliphatic carbocycles. The van der Waals surface area contributed by atoms with Crippen LogP contribution in [0.25, 0.3) is 0 Å². The second kappa shape index (κ2) is 8.29. The van der Waals surface area contributed by atoms with Gasteiger partial charge >= 0.3 is 6.03 Å². The summed E-state index contributed by atoms with van der Waals surface area (Å²) in [5.41, 5.74) is 3.17. The monoisotopic (exact) mass is 310 g/mol. The molecule has 0 aromatic heterocycles. The third-order valence-corrected chi connectivity index (χ3v) is 4.65. The maximum absolute atomic E-state index is 12.1. The Morgan fingerprint density at radius 3 is 2.62 bits per heavy atom. The zero-order valence-corrected chi connectivity index (χ0v) is 14.3. The molecule has 1 atom stereocenters. The van der Waals surface area contributed by atoms with Crippen molar-refractivity contribution in [2.24, 2.45) is 0 Å². The molecular formula is C16H26N2O2S. The van der Waals surface area contributed by atoms with Gasteiger partial charge in [0.05, 0.1) is 12.6 Å². The molecular weight excluding hydrogens is 284 g/mol. The molecule has 0 fully saturated rings. The number of anilines is 1. The van der Waals surface area contributed by atoms with Crippen LogP contribution in [0.4, 0.5) is 10.5 Å². The van der Waals surface area contributed by atoms with E-state index in [0.717, 1.165) is 17.0 Å². The van der Waals surface area contributed by atoms with E-state index >= 15 is 0 Å². The molecule has 0 aliphatic rings. The number of nitrogens with zero attached hydrogens (tertiary/aromatic N) is 1. The summed E-state index contributed by atoms with van der Waals surface area (Å²) in [6, 6.07) is 5.57. The maximum Gasteiger partial charge on any atom is 0.321 e. The second-order valence-electron chi connectivity index (χ2n) is 5.52. The van der Waals surface area contributed by atoms with E-state index in [2.05, 4.69) is 25.2 Å². The fourth-order valence-electron chi connectivity index (χ4n) is 1.76. The minimum absolute atomic E-state index is 0.0476. The van der Waals surface area contributed by atoms with Gasteiger partial charge in [0.2, 0.25) is 0 Å². The molecule has 0 radical (unpaired) electrons. The van der Waals surface area contributed by atoms with Crippen molar-refractivity contribution in [2.75, 3.05) is 19.0 Å². The number of amides is 2. The van der Waals surface area contributed by atoms with Gasteiger partial charge in [-0.2, -0.15) is 11.8 Å². The second-order valence-corrected chi connectivity index (χ2v) is 7.09. The molecule has 1 aromatic rings. The Morgan fingerprint density at radius 1 is 1.38 bits per heavy atom. The predicted molar refractivity (Wildman–Crippen MR) is 90.9 cm³/mol. The van der Waals surface area contributed by atoms with Crippen LogP contribution in [0.15, 0.2) is 18.2 Å². The van der Waals surface area contributed by atoms with E-state index in [4.69, 9.17) is 5.11 Å². The number of carbonyl (C=O) groups is 1. The third-order valence-electron chi connectivity index (χ3n) is 3.51. The smallest absolute Gasteiger partial charge is 0.321 e. The first-order chi connectivity index (χ1) is 9.86. The van der Waals surface area contributed by atoms with Crippen LogP contribution in [0.3, 0.4) is 0 Å². The number of aliphatic hydroxyl groups is 1. The molecule has 2 amide bonds. The largest absolute Gasteiger partial charge is 0.394 e. The van der Waals surface area contributed by atoms with E-state index in [1.54, 1.807) is 7.05 Å². The molecule has 21 heavy (non-hydrogen) atoms. The Kier molecular flexibility index (Phi) is 7.05. The number of thioether (sulfide) groups is 1. The lowest BCUT2D eigenvalue weighted by Crippen LogP contribution is -2.40. The molecule has 0 spiro atoms. The Hall–Kier alpha value is -1.20. The number of hydrogen-bond donors (Lipinski definition) is 2. The lowest BCUT2D eigenvalue weighted by Gasteiger charge is -2.24. The molecule has 0 unspecified atom stereocenters. The summed E-state index contributed by atoms with van der Waals surface area (Å²) in [4.78, 5) is 13.6. The molecule has 1 aromatic carbocycles. The SMILES string of the molecule is Cc1c(CSC(C)C)cccc1NC(=O)N(C)[C@@H](C)CO. The minimum atomic E-state index is -0.204. The topological polar surface area (TPSA) is 52.6 Å². The summed E-state index contributed by atoms with van der Waals surface area (Å²) in [5.74, 6) is 0.941. The van der Waals surface area contributed by atoms with Crippen LogP contribution < -0.4 is 5.32 Å². The summed E-state index contributed by atoms with van der Waals surface area (Å²) < 4.78 is 0. The molecule has 0 saturated heterocycles. The van der Waals surface area contributed by atoms with Gasteiger partial charge in [-0.25, -0.2) is 4.79 Å². The summed E-state index contributed by atoms with van der Waals surface area (Å²) in [6.45, 7) is 8.14. The molecule has 1 rings (SSSR count). The van der Waals surface area contributed by atoms with Crippen molar-refractivity contribution in [3.63, 3.8) is 0 Å². The van der Waals surface area contributed by atoms with Crippen LogP contribution in [-0.2, 0) is 5.75 Å². The normalized spacial score (nSPS) is 12.3. The Balaban J connectivity index is 2.80. The Labute approximate surface area is 131 Å². The highest BCUT2D eigenvalue weighted by atomic mass is 32.2. The van der Waals surface area contributed by atoms with Crippen molar-refractivity contribution in [2.45, 2.75) is 44.7 Å². The molecule has 4 nitrogen and oxygen atoms in total. The highest BCUT2D eigenvalue weighted by Crippen LogP contribution is 2.25. The Bertz CT molecular complexity index is 477. The third kappa shape index (κ3) is 5.25. The molecule has 0 heterocycles. The number of hydrogen-bond acceptors (Lipinski definition) is 3. The van der Waals surface area contributed by atoms with E-state index in [9.17, 15) is 4.79 Å². The average Bonchev–Trinajstić information content (AvgIpc) is 2.46. The first kappa shape index (κ1) is 17.9. The highest BCUT2D eigenvalue weighted by Gasteiger charge is 2.16. The van der Waals surface area contributed by atoms with Crippen molar-refractivity contribution in [1.29, 1.82) is 0 Å². The molecule has 0 aliphatic heterocycles. The number of nitrogens with one attached hydrogen (secondary N) is 1. The summed E-state index contributed by atoms with van der Waals surface area (Å²) in [7, 11) is 1.68. The lowest BCUT2D eigenvalue weighted by molar-refractivity contribution is 0.166. The van der Waals surface area contributed by atoms with Crippen LogP contribution in [-0.4, -0.2) is 41.0 Å².